The van der Waals surface area contributed by atoms with Crippen molar-refractivity contribution in [1.29, 1.82) is 0 Å². The molecule has 1 aliphatic heterocycles. The standard InChI is InChI=1S/C23H26FN5O3/c24-19-4-2-1-3-18(19)21-14-29(28-27-21)12-9-17-5-6-20(22(15-30)32-17)26-23(31)13-16-7-10-25-11-8-16/h1-4,7-8,10-11,14,17,20,22,30H,5-6,9,12-13,15H2,(H,26,31)/t17-,20-,22-/m1/s1. The van der Waals surface area contributed by atoms with E-state index in [0.29, 0.717) is 24.2 Å². The number of aromatic nitrogens is 4. The molecule has 0 bridgehead atoms. The predicted molar refractivity (Wildman–Crippen MR) is 115 cm³/mol. The van der Waals surface area contributed by atoms with Crippen molar-refractivity contribution >= 4 is 5.91 Å². The number of carbonyl (C=O) groups excluding carboxylic acids is 1. The van der Waals surface area contributed by atoms with Crippen LogP contribution in [-0.2, 0) is 22.5 Å². The van der Waals surface area contributed by atoms with E-state index < -0.39 is 6.10 Å². The van der Waals surface area contributed by atoms with E-state index in [0.717, 1.165) is 18.4 Å². The maximum Gasteiger partial charge on any atom is 0.224 e. The number of benzene rings is 1. The molecule has 32 heavy (non-hydrogen) atoms. The first-order valence-corrected chi connectivity index (χ1v) is 10.7. The van der Waals surface area contributed by atoms with Crippen molar-refractivity contribution in [3.8, 4) is 11.3 Å². The fourth-order valence-electron chi connectivity index (χ4n) is 3.93. The Morgan fingerprint density at radius 2 is 2.03 bits per heavy atom. The molecule has 1 aromatic carbocycles. The summed E-state index contributed by atoms with van der Waals surface area (Å²) in [4.78, 5) is 16.3. The summed E-state index contributed by atoms with van der Waals surface area (Å²) in [5, 5.41) is 20.9. The smallest absolute Gasteiger partial charge is 0.224 e. The largest absolute Gasteiger partial charge is 0.394 e. The molecule has 168 valence electrons. The molecular formula is C23H26FN5O3. The first-order chi connectivity index (χ1) is 15.6. The van der Waals surface area contributed by atoms with Gasteiger partial charge in [0.2, 0.25) is 5.91 Å². The molecule has 3 aromatic rings. The molecule has 1 aliphatic rings. The molecule has 0 radical (unpaired) electrons. The molecule has 4 rings (SSSR count). The highest BCUT2D eigenvalue weighted by atomic mass is 19.1. The molecule has 0 saturated carbocycles. The Hall–Kier alpha value is -3.17. The zero-order valence-corrected chi connectivity index (χ0v) is 17.6. The number of hydrogen-bond donors (Lipinski definition) is 2. The maximum absolute atomic E-state index is 13.9. The number of halogens is 1. The van der Waals surface area contributed by atoms with Crippen LogP contribution in [0, 0.1) is 5.82 Å². The van der Waals surface area contributed by atoms with Crippen molar-refractivity contribution in [3.63, 3.8) is 0 Å². The van der Waals surface area contributed by atoms with Crippen LogP contribution >= 0.6 is 0 Å². The Bertz CT molecular complexity index is 1030. The number of nitrogens with one attached hydrogen (secondary N) is 1. The number of aryl methyl sites for hydroxylation is 1. The minimum absolute atomic E-state index is 0.0680. The van der Waals surface area contributed by atoms with E-state index in [1.54, 1.807) is 53.6 Å². The van der Waals surface area contributed by atoms with Crippen LogP contribution in [0.2, 0.25) is 0 Å². The van der Waals surface area contributed by atoms with Crippen LogP contribution in [0.3, 0.4) is 0 Å². The Morgan fingerprint density at radius 3 is 2.81 bits per heavy atom. The van der Waals surface area contributed by atoms with Crippen LogP contribution < -0.4 is 5.32 Å². The molecule has 1 saturated heterocycles. The number of nitrogens with zero attached hydrogens (tertiary/aromatic N) is 4. The van der Waals surface area contributed by atoms with Crippen molar-refractivity contribution in [3.05, 3.63) is 66.4 Å². The molecule has 2 aromatic heterocycles. The van der Waals surface area contributed by atoms with Crippen LogP contribution in [0.1, 0.15) is 24.8 Å². The van der Waals surface area contributed by atoms with Crippen molar-refractivity contribution in [2.75, 3.05) is 6.61 Å². The quantitative estimate of drug-likeness (QED) is 0.558. The van der Waals surface area contributed by atoms with Gasteiger partial charge in [0.05, 0.1) is 31.4 Å². The van der Waals surface area contributed by atoms with Crippen molar-refractivity contribution in [1.82, 2.24) is 25.3 Å². The zero-order valence-electron chi connectivity index (χ0n) is 17.6. The molecule has 0 spiro atoms. The molecule has 9 heteroatoms. The second-order valence-electron chi connectivity index (χ2n) is 7.90. The lowest BCUT2D eigenvalue weighted by Crippen LogP contribution is -2.51. The number of carbonyl (C=O) groups is 1. The molecule has 1 fully saturated rings. The average molecular weight is 439 g/mol. The SMILES string of the molecule is O=C(Cc1ccncc1)N[C@@H]1CC[C@H](CCn2cc(-c3ccccc3F)nn2)O[C@@H]1CO. The zero-order chi connectivity index (χ0) is 22.3. The van der Waals surface area contributed by atoms with E-state index in [2.05, 4.69) is 20.6 Å². The minimum Gasteiger partial charge on any atom is -0.394 e. The van der Waals surface area contributed by atoms with Crippen LogP contribution in [0.25, 0.3) is 11.3 Å². The molecule has 3 atom stereocenters. The van der Waals surface area contributed by atoms with Crippen molar-refractivity contribution in [2.24, 2.45) is 0 Å². The number of ether oxygens (including phenoxy) is 1. The Balaban J connectivity index is 1.27. The molecule has 8 nitrogen and oxygen atoms in total. The third-order valence-corrected chi connectivity index (χ3v) is 5.62. The number of amides is 1. The van der Waals surface area contributed by atoms with Crippen molar-refractivity contribution < 1.29 is 19.0 Å². The summed E-state index contributed by atoms with van der Waals surface area (Å²) >= 11 is 0. The summed E-state index contributed by atoms with van der Waals surface area (Å²) < 4.78 is 21.6. The average Bonchev–Trinajstić information content (AvgIpc) is 3.28. The van der Waals surface area contributed by atoms with Gasteiger partial charge in [-0.3, -0.25) is 14.5 Å². The van der Waals surface area contributed by atoms with Crippen molar-refractivity contribution in [2.45, 2.75) is 50.5 Å². The van der Waals surface area contributed by atoms with Gasteiger partial charge in [-0.05, 0) is 49.1 Å². The van der Waals surface area contributed by atoms with Crippen LogP contribution in [0.15, 0.2) is 55.0 Å². The highest BCUT2D eigenvalue weighted by molar-refractivity contribution is 5.78. The monoisotopic (exact) mass is 439 g/mol. The second kappa shape index (κ2) is 10.4. The van der Waals surface area contributed by atoms with Gasteiger partial charge in [0.25, 0.3) is 0 Å². The van der Waals surface area contributed by atoms with Gasteiger partial charge in [-0.2, -0.15) is 0 Å². The molecular weight excluding hydrogens is 413 g/mol. The highest BCUT2D eigenvalue weighted by Crippen LogP contribution is 2.23. The minimum atomic E-state index is -0.458. The highest BCUT2D eigenvalue weighted by Gasteiger charge is 2.31. The fourth-order valence-corrected chi connectivity index (χ4v) is 3.93. The van der Waals surface area contributed by atoms with E-state index >= 15 is 0 Å². The van der Waals surface area contributed by atoms with Gasteiger partial charge in [0.15, 0.2) is 0 Å². The number of pyridine rings is 1. The van der Waals surface area contributed by atoms with Crippen LogP contribution in [0.5, 0.6) is 0 Å². The van der Waals surface area contributed by atoms with E-state index in [-0.39, 0.29) is 36.9 Å². The maximum atomic E-state index is 13.9. The molecule has 3 heterocycles. The number of aliphatic hydroxyl groups is 1. The van der Waals surface area contributed by atoms with Gasteiger partial charge >= 0.3 is 0 Å². The summed E-state index contributed by atoms with van der Waals surface area (Å²) in [6.45, 7) is 0.390. The van der Waals surface area contributed by atoms with Gasteiger partial charge in [0, 0.05) is 24.5 Å². The summed E-state index contributed by atoms with van der Waals surface area (Å²) in [6.07, 6.45) is 6.91. The Morgan fingerprint density at radius 1 is 1.22 bits per heavy atom. The van der Waals surface area contributed by atoms with Crippen LogP contribution in [-0.4, -0.2) is 55.8 Å². The van der Waals surface area contributed by atoms with E-state index in [9.17, 15) is 14.3 Å². The molecule has 1 amide bonds. The van der Waals surface area contributed by atoms with E-state index in [1.165, 1.54) is 6.07 Å². The summed E-state index contributed by atoms with van der Waals surface area (Å²) in [6, 6.07) is 9.83. The fraction of sp³-hybridized carbons (Fsp3) is 0.391. The van der Waals surface area contributed by atoms with Gasteiger partial charge in [-0.15, -0.1) is 5.10 Å². The van der Waals surface area contributed by atoms with Gasteiger partial charge < -0.3 is 15.2 Å². The molecule has 2 N–H and O–H groups in total. The lowest BCUT2D eigenvalue weighted by molar-refractivity contribution is -0.128. The molecule has 0 aliphatic carbocycles. The lowest BCUT2D eigenvalue weighted by Gasteiger charge is -2.36. The third-order valence-electron chi connectivity index (χ3n) is 5.62. The normalized spacial score (nSPS) is 20.8. The topological polar surface area (TPSA) is 102 Å². The first kappa shape index (κ1) is 22.0. The van der Waals surface area contributed by atoms with Gasteiger partial charge in [-0.25, -0.2) is 4.39 Å². The Labute approximate surface area is 185 Å². The van der Waals surface area contributed by atoms with Crippen LogP contribution in [0.4, 0.5) is 4.39 Å². The number of hydrogen-bond acceptors (Lipinski definition) is 6. The number of aliphatic hydroxyl groups excluding tert-OH is 1. The van der Waals surface area contributed by atoms with E-state index in [1.807, 2.05) is 0 Å². The third kappa shape index (κ3) is 5.54. The van der Waals surface area contributed by atoms with Gasteiger partial charge in [0.1, 0.15) is 17.6 Å². The number of rotatable bonds is 8. The lowest BCUT2D eigenvalue weighted by atomic mass is 9.96. The van der Waals surface area contributed by atoms with E-state index in [4.69, 9.17) is 4.74 Å². The predicted octanol–water partition coefficient (Wildman–Crippen LogP) is 2.14. The Kier molecular flexibility index (Phi) is 7.18. The van der Waals surface area contributed by atoms with Gasteiger partial charge in [-0.1, -0.05) is 17.3 Å². The summed E-state index contributed by atoms with van der Waals surface area (Å²) in [5.74, 6) is -0.442. The second-order valence-corrected chi connectivity index (χ2v) is 7.90. The summed E-state index contributed by atoms with van der Waals surface area (Å²) in [7, 11) is 0. The first-order valence-electron chi connectivity index (χ1n) is 10.7. The molecule has 0 unspecified atom stereocenters. The summed E-state index contributed by atoms with van der Waals surface area (Å²) in [5.41, 5.74) is 1.78.